The smallest absolute Gasteiger partial charge is 0.151 e. The Kier molecular flexibility index (Phi) is 3.88. The summed E-state index contributed by atoms with van der Waals surface area (Å²) in [4.78, 5) is 0. The molecule has 4 nitrogen and oxygen atoms in total. The molecule has 2 heterocycles. The van der Waals surface area contributed by atoms with Gasteiger partial charge < -0.3 is 10.1 Å². The molecule has 1 fully saturated rings. The maximum Gasteiger partial charge on any atom is 0.151 e. The van der Waals surface area contributed by atoms with E-state index in [0.717, 1.165) is 25.4 Å². The van der Waals surface area contributed by atoms with Gasteiger partial charge in [-0.25, -0.2) is 0 Å². The van der Waals surface area contributed by atoms with Gasteiger partial charge in [-0.05, 0) is 31.0 Å². The molecule has 15 heavy (non-hydrogen) atoms. The second kappa shape index (κ2) is 5.39. The lowest BCUT2D eigenvalue weighted by Gasteiger charge is -2.08. The van der Waals surface area contributed by atoms with Gasteiger partial charge in [0, 0.05) is 6.54 Å². The van der Waals surface area contributed by atoms with Crippen LogP contribution in [0.2, 0.25) is 5.15 Å². The molecule has 1 aliphatic rings. The Balaban J connectivity index is 1.71. The van der Waals surface area contributed by atoms with Gasteiger partial charge in [0.15, 0.2) is 5.15 Å². The van der Waals surface area contributed by atoms with E-state index >= 15 is 0 Å². The number of hydrogen-bond donors (Lipinski definition) is 1. The average molecular weight is 228 g/mol. The van der Waals surface area contributed by atoms with Crippen molar-refractivity contribution < 1.29 is 4.74 Å². The lowest BCUT2D eigenvalue weighted by Crippen LogP contribution is -2.14. The van der Waals surface area contributed by atoms with Crippen LogP contribution < -0.4 is 5.32 Å². The summed E-state index contributed by atoms with van der Waals surface area (Å²) in [5.41, 5.74) is 0.824. The lowest BCUT2D eigenvalue weighted by molar-refractivity contribution is 0.0898. The van der Waals surface area contributed by atoms with Crippen molar-refractivity contribution >= 4 is 11.6 Å². The van der Waals surface area contributed by atoms with E-state index in [4.69, 9.17) is 16.3 Å². The third-order valence-corrected chi connectivity index (χ3v) is 2.65. The van der Waals surface area contributed by atoms with E-state index in [2.05, 4.69) is 15.5 Å². The summed E-state index contributed by atoms with van der Waals surface area (Å²) in [5.74, 6) is 0.644. The molecule has 2 rings (SSSR count). The summed E-state index contributed by atoms with van der Waals surface area (Å²) in [6, 6.07) is 3.56. The molecule has 0 bridgehead atoms. The first kappa shape index (κ1) is 10.8. The first-order valence-electron chi connectivity index (χ1n) is 5.11. The zero-order valence-corrected chi connectivity index (χ0v) is 9.20. The topological polar surface area (TPSA) is 47.0 Å². The number of ether oxygens (including phenoxy) is 1. The Morgan fingerprint density at radius 1 is 1.47 bits per heavy atom. The van der Waals surface area contributed by atoms with Crippen molar-refractivity contribution in [1.29, 1.82) is 0 Å². The highest BCUT2D eigenvalue weighted by Crippen LogP contribution is 2.09. The van der Waals surface area contributed by atoms with Crippen LogP contribution in [0, 0.1) is 5.92 Å². The fourth-order valence-electron chi connectivity index (χ4n) is 1.61. The van der Waals surface area contributed by atoms with Crippen molar-refractivity contribution in [3.63, 3.8) is 0 Å². The number of nitrogens with one attached hydrogen (secondary N) is 1. The predicted octanol–water partition coefficient (Wildman–Crippen LogP) is 1.26. The molecule has 1 N–H and O–H groups in total. The Morgan fingerprint density at radius 3 is 3.07 bits per heavy atom. The molecule has 0 aliphatic carbocycles. The van der Waals surface area contributed by atoms with Gasteiger partial charge in [-0.2, -0.15) is 5.10 Å². The number of hydrogen-bond acceptors (Lipinski definition) is 4. The first-order chi connectivity index (χ1) is 7.34. The standard InChI is InChI=1S/C10H14ClN3O/c11-10-2-1-9(13-14-10)7-15-6-8-3-4-12-5-8/h1-2,8,12H,3-7H2/t8-/m0/s1. The molecule has 0 spiro atoms. The number of nitrogens with zero attached hydrogens (tertiary/aromatic N) is 2. The minimum Gasteiger partial charge on any atom is -0.375 e. The molecule has 0 unspecified atom stereocenters. The molecule has 82 valence electrons. The van der Waals surface area contributed by atoms with Crippen LogP contribution in [0.15, 0.2) is 12.1 Å². The maximum atomic E-state index is 5.63. The van der Waals surface area contributed by atoms with Crippen LogP contribution in [-0.4, -0.2) is 29.9 Å². The van der Waals surface area contributed by atoms with Gasteiger partial charge in [-0.1, -0.05) is 11.6 Å². The fraction of sp³-hybridized carbons (Fsp3) is 0.600. The molecule has 0 saturated carbocycles. The van der Waals surface area contributed by atoms with Gasteiger partial charge in [-0.15, -0.1) is 5.10 Å². The second-order valence-electron chi connectivity index (χ2n) is 3.72. The van der Waals surface area contributed by atoms with E-state index in [1.807, 2.05) is 6.07 Å². The van der Waals surface area contributed by atoms with Crippen molar-refractivity contribution in [2.75, 3.05) is 19.7 Å². The predicted molar refractivity (Wildman–Crippen MR) is 57.7 cm³/mol. The molecule has 0 amide bonds. The van der Waals surface area contributed by atoms with Gasteiger partial charge in [-0.3, -0.25) is 0 Å². The van der Waals surface area contributed by atoms with Crippen molar-refractivity contribution in [2.24, 2.45) is 5.92 Å². The summed E-state index contributed by atoms with van der Waals surface area (Å²) in [7, 11) is 0. The van der Waals surface area contributed by atoms with Crippen LogP contribution in [0.5, 0.6) is 0 Å². The molecule has 0 aromatic carbocycles. The van der Waals surface area contributed by atoms with Crippen molar-refractivity contribution in [3.8, 4) is 0 Å². The van der Waals surface area contributed by atoms with Crippen molar-refractivity contribution in [2.45, 2.75) is 13.0 Å². The first-order valence-corrected chi connectivity index (χ1v) is 5.49. The highest BCUT2D eigenvalue weighted by Gasteiger charge is 2.14. The summed E-state index contributed by atoms with van der Waals surface area (Å²) in [6.07, 6.45) is 1.20. The van der Waals surface area contributed by atoms with Crippen molar-refractivity contribution in [1.82, 2.24) is 15.5 Å². The van der Waals surface area contributed by atoms with Crippen LogP contribution in [0.25, 0.3) is 0 Å². The zero-order chi connectivity index (χ0) is 10.5. The summed E-state index contributed by atoms with van der Waals surface area (Å²) in [5, 5.41) is 11.4. The van der Waals surface area contributed by atoms with Gasteiger partial charge in [0.1, 0.15) is 0 Å². The highest BCUT2D eigenvalue weighted by molar-refractivity contribution is 6.29. The van der Waals surface area contributed by atoms with E-state index in [1.54, 1.807) is 6.07 Å². The molecular formula is C10H14ClN3O. The van der Waals surface area contributed by atoms with Gasteiger partial charge in [0.05, 0.1) is 18.9 Å². The number of halogens is 1. The Hall–Kier alpha value is -0.710. The Morgan fingerprint density at radius 2 is 2.40 bits per heavy atom. The molecule has 1 atom stereocenters. The lowest BCUT2D eigenvalue weighted by atomic mass is 10.1. The highest BCUT2D eigenvalue weighted by atomic mass is 35.5. The minimum absolute atomic E-state index is 0.416. The van der Waals surface area contributed by atoms with E-state index in [9.17, 15) is 0 Å². The SMILES string of the molecule is Clc1ccc(COC[C@H]2CCNC2)nn1. The molecule has 1 aliphatic heterocycles. The second-order valence-corrected chi connectivity index (χ2v) is 4.11. The van der Waals surface area contributed by atoms with Crippen LogP contribution in [0.3, 0.4) is 0 Å². The van der Waals surface area contributed by atoms with E-state index in [0.29, 0.717) is 17.7 Å². The quantitative estimate of drug-likeness (QED) is 0.841. The Bertz CT molecular complexity index is 298. The third kappa shape index (κ3) is 3.41. The average Bonchev–Trinajstić information content (AvgIpc) is 2.74. The summed E-state index contributed by atoms with van der Waals surface area (Å²) < 4.78 is 5.56. The van der Waals surface area contributed by atoms with Gasteiger partial charge in [0.2, 0.25) is 0 Å². The van der Waals surface area contributed by atoms with E-state index < -0.39 is 0 Å². The monoisotopic (exact) mass is 227 g/mol. The van der Waals surface area contributed by atoms with Crippen LogP contribution in [0.4, 0.5) is 0 Å². The summed E-state index contributed by atoms with van der Waals surface area (Å²) in [6.45, 7) is 3.47. The van der Waals surface area contributed by atoms with E-state index in [-0.39, 0.29) is 0 Å². The molecule has 5 heteroatoms. The van der Waals surface area contributed by atoms with Crippen LogP contribution in [-0.2, 0) is 11.3 Å². The van der Waals surface area contributed by atoms with E-state index in [1.165, 1.54) is 6.42 Å². The molecule has 1 aromatic heterocycles. The Labute approximate surface area is 94.0 Å². The molecule has 1 saturated heterocycles. The van der Waals surface area contributed by atoms with Gasteiger partial charge in [0.25, 0.3) is 0 Å². The normalized spacial score (nSPS) is 20.7. The fourth-order valence-corrected chi connectivity index (χ4v) is 1.71. The van der Waals surface area contributed by atoms with Gasteiger partial charge >= 0.3 is 0 Å². The molecule has 1 aromatic rings. The minimum atomic E-state index is 0.416. The van der Waals surface area contributed by atoms with Crippen LogP contribution in [0.1, 0.15) is 12.1 Å². The number of rotatable bonds is 4. The number of aromatic nitrogens is 2. The zero-order valence-electron chi connectivity index (χ0n) is 8.45. The van der Waals surface area contributed by atoms with Crippen LogP contribution >= 0.6 is 11.6 Å². The largest absolute Gasteiger partial charge is 0.375 e. The molecule has 0 radical (unpaired) electrons. The molecular weight excluding hydrogens is 214 g/mol. The maximum absolute atomic E-state index is 5.63. The third-order valence-electron chi connectivity index (χ3n) is 2.45. The van der Waals surface area contributed by atoms with Crippen molar-refractivity contribution in [3.05, 3.63) is 23.0 Å². The summed E-state index contributed by atoms with van der Waals surface area (Å²) >= 11 is 5.63.